The van der Waals surface area contributed by atoms with Crippen LogP contribution in [0.2, 0.25) is 10.0 Å². The number of carbonyl (C=O) groups excluding carboxylic acids is 1. The molecule has 1 unspecified atom stereocenters. The van der Waals surface area contributed by atoms with Gasteiger partial charge in [0.2, 0.25) is 5.95 Å². The molecule has 0 saturated carbocycles. The second kappa shape index (κ2) is 6.70. The second-order valence-electron chi connectivity index (χ2n) is 5.32. The van der Waals surface area contributed by atoms with Crippen LogP contribution in [0.25, 0.3) is 0 Å². The molecule has 3 rings (SSSR count). The fourth-order valence-corrected chi connectivity index (χ4v) is 2.95. The minimum Gasteiger partial charge on any atom is -0.340 e. The first-order valence-corrected chi connectivity index (χ1v) is 7.80. The van der Waals surface area contributed by atoms with E-state index < -0.39 is 5.91 Å². The fourth-order valence-electron chi connectivity index (χ4n) is 2.65. The summed E-state index contributed by atoms with van der Waals surface area (Å²) in [5.41, 5.74) is 2.90. The Morgan fingerprint density at radius 1 is 1.26 bits per heavy atom. The van der Waals surface area contributed by atoms with Crippen molar-refractivity contribution in [2.24, 2.45) is 0 Å². The predicted molar refractivity (Wildman–Crippen MR) is 87.3 cm³/mol. The molecule has 120 valence electrons. The van der Waals surface area contributed by atoms with E-state index in [0.29, 0.717) is 21.9 Å². The molecule has 6 nitrogen and oxygen atoms in total. The molecule has 1 aliphatic rings. The molecule has 1 aliphatic heterocycles. The first-order valence-electron chi connectivity index (χ1n) is 7.05. The number of halogens is 2. The number of hydrogen-bond acceptors (Lipinski definition) is 5. The Bertz CT molecular complexity index is 724. The zero-order valence-corrected chi connectivity index (χ0v) is 13.6. The number of amides is 1. The van der Waals surface area contributed by atoms with Crippen molar-refractivity contribution < 1.29 is 10.0 Å². The van der Waals surface area contributed by atoms with Crippen LogP contribution in [0.1, 0.15) is 28.3 Å². The van der Waals surface area contributed by atoms with E-state index in [1.807, 2.05) is 17.0 Å². The van der Waals surface area contributed by atoms with Gasteiger partial charge in [0.15, 0.2) is 0 Å². The van der Waals surface area contributed by atoms with Gasteiger partial charge in [-0.3, -0.25) is 10.0 Å². The van der Waals surface area contributed by atoms with Gasteiger partial charge in [-0.15, -0.1) is 0 Å². The number of hydroxylamine groups is 1. The van der Waals surface area contributed by atoms with Crippen molar-refractivity contribution in [3.8, 4) is 0 Å². The van der Waals surface area contributed by atoms with Gasteiger partial charge in [0.1, 0.15) is 0 Å². The second-order valence-corrected chi connectivity index (χ2v) is 6.13. The van der Waals surface area contributed by atoms with Crippen molar-refractivity contribution in [1.29, 1.82) is 0 Å². The van der Waals surface area contributed by atoms with Crippen LogP contribution < -0.4 is 10.4 Å². The average molecular weight is 353 g/mol. The van der Waals surface area contributed by atoms with Crippen molar-refractivity contribution in [2.75, 3.05) is 18.0 Å². The van der Waals surface area contributed by atoms with Gasteiger partial charge in [0.05, 0.1) is 15.6 Å². The first-order chi connectivity index (χ1) is 11.1. The molecule has 0 radical (unpaired) electrons. The Labute approximate surface area is 143 Å². The van der Waals surface area contributed by atoms with Crippen LogP contribution in [-0.4, -0.2) is 34.2 Å². The summed E-state index contributed by atoms with van der Waals surface area (Å²) >= 11 is 12.0. The molecular formula is C15H14Cl2N4O2. The summed E-state index contributed by atoms with van der Waals surface area (Å²) in [6, 6.07) is 5.69. The maximum atomic E-state index is 11.3. The van der Waals surface area contributed by atoms with Crippen LogP contribution >= 0.6 is 23.2 Å². The molecule has 2 N–H and O–H groups in total. The molecule has 1 atom stereocenters. The molecule has 1 aromatic heterocycles. The largest absolute Gasteiger partial charge is 0.340 e. The summed E-state index contributed by atoms with van der Waals surface area (Å²) in [6.07, 6.45) is 3.74. The van der Waals surface area contributed by atoms with Gasteiger partial charge in [-0.05, 0) is 24.1 Å². The van der Waals surface area contributed by atoms with E-state index in [1.165, 1.54) is 12.4 Å². The van der Waals surface area contributed by atoms with Crippen molar-refractivity contribution >= 4 is 35.1 Å². The SMILES string of the molecule is O=C(NO)c1cnc(N2CCC(c3ccc(Cl)c(Cl)c3)C2)nc1. The number of carbonyl (C=O) groups is 1. The molecule has 1 aromatic carbocycles. The van der Waals surface area contributed by atoms with Gasteiger partial charge in [0, 0.05) is 31.4 Å². The highest BCUT2D eigenvalue weighted by molar-refractivity contribution is 6.42. The number of nitrogens with zero attached hydrogens (tertiary/aromatic N) is 3. The highest BCUT2D eigenvalue weighted by atomic mass is 35.5. The molecule has 1 saturated heterocycles. The van der Waals surface area contributed by atoms with E-state index in [-0.39, 0.29) is 5.56 Å². The third-order valence-electron chi connectivity index (χ3n) is 3.89. The minimum atomic E-state index is -0.633. The molecular weight excluding hydrogens is 339 g/mol. The lowest BCUT2D eigenvalue weighted by atomic mass is 9.99. The lowest BCUT2D eigenvalue weighted by Crippen LogP contribution is -2.23. The van der Waals surface area contributed by atoms with Gasteiger partial charge in [-0.25, -0.2) is 15.4 Å². The highest BCUT2D eigenvalue weighted by Gasteiger charge is 2.26. The number of anilines is 1. The summed E-state index contributed by atoms with van der Waals surface area (Å²) in [5, 5.41) is 9.69. The molecule has 2 heterocycles. The zero-order chi connectivity index (χ0) is 16.4. The molecule has 0 spiro atoms. The monoisotopic (exact) mass is 352 g/mol. The van der Waals surface area contributed by atoms with Crippen molar-refractivity contribution in [1.82, 2.24) is 15.4 Å². The van der Waals surface area contributed by atoms with Crippen molar-refractivity contribution in [3.63, 3.8) is 0 Å². The number of rotatable bonds is 3. The normalized spacial score (nSPS) is 17.3. The predicted octanol–water partition coefficient (Wildman–Crippen LogP) is 2.90. The lowest BCUT2D eigenvalue weighted by Gasteiger charge is -2.16. The smallest absolute Gasteiger partial charge is 0.277 e. The molecule has 23 heavy (non-hydrogen) atoms. The number of benzene rings is 1. The van der Waals surface area contributed by atoms with Crippen molar-refractivity contribution in [3.05, 3.63) is 51.8 Å². The molecule has 1 fully saturated rings. The summed E-state index contributed by atoms with van der Waals surface area (Å²) in [5.74, 6) is 0.252. The Morgan fingerprint density at radius 3 is 2.65 bits per heavy atom. The summed E-state index contributed by atoms with van der Waals surface area (Å²) in [7, 11) is 0. The Kier molecular flexibility index (Phi) is 4.66. The summed E-state index contributed by atoms with van der Waals surface area (Å²) in [6.45, 7) is 1.58. The van der Waals surface area contributed by atoms with Gasteiger partial charge in [-0.1, -0.05) is 29.3 Å². The van der Waals surface area contributed by atoms with Crippen LogP contribution in [-0.2, 0) is 0 Å². The number of hydrogen-bond donors (Lipinski definition) is 2. The molecule has 0 aliphatic carbocycles. The van der Waals surface area contributed by atoms with E-state index in [0.717, 1.165) is 25.1 Å². The van der Waals surface area contributed by atoms with Crippen LogP contribution in [0, 0.1) is 0 Å². The molecule has 8 heteroatoms. The average Bonchev–Trinajstić information content (AvgIpc) is 3.07. The van der Waals surface area contributed by atoms with Gasteiger partial charge < -0.3 is 4.90 Å². The number of nitrogens with one attached hydrogen (secondary N) is 1. The Balaban J connectivity index is 1.72. The van der Waals surface area contributed by atoms with E-state index in [4.69, 9.17) is 28.4 Å². The fraction of sp³-hybridized carbons (Fsp3) is 0.267. The molecule has 2 aromatic rings. The van der Waals surface area contributed by atoms with E-state index in [1.54, 1.807) is 11.5 Å². The van der Waals surface area contributed by atoms with Crippen LogP contribution in [0.5, 0.6) is 0 Å². The van der Waals surface area contributed by atoms with E-state index in [9.17, 15) is 4.79 Å². The maximum absolute atomic E-state index is 11.3. The summed E-state index contributed by atoms with van der Waals surface area (Å²) < 4.78 is 0. The zero-order valence-electron chi connectivity index (χ0n) is 12.0. The van der Waals surface area contributed by atoms with Crippen LogP contribution in [0.15, 0.2) is 30.6 Å². The van der Waals surface area contributed by atoms with Gasteiger partial charge in [0.25, 0.3) is 5.91 Å². The third kappa shape index (κ3) is 3.39. The minimum absolute atomic E-state index is 0.205. The maximum Gasteiger partial charge on any atom is 0.277 e. The Morgan fingerprint density at radius 2 is 2.00 bits per heavy atom. The van der Waals surface area contributed by atoms with E-state index >= 15 is 0 Å². The van der Waals surface area contributed by atoms with Crippen LogP contribution in [0.4, 0.5) is 5.95 Å². The quantitative estimate of drug-likeness (QED) is 0.655. The molecule has 1 amide bonds. The van der Waals surface area contributed by atoms with Crippen molar-refractivity contribution in [2.45, 2.75) is 12.3 Å². The van der Waals surface area contributed by atoms with Crippen LogP contribution in [0.3, 0.4) is 0 Å². The van der Waals surface area contributed by atoms with E-state index in [2.05, 4.69) is 9.97 Å². The lowest BCUT2D eigenvalue weighted by molar-refractivity contribution is 0.0705. The van der Waals surface area contributed by atoms with Gasteiger partial charge >= 0.3 is 0 Å². The summed E-state index contributed by atoms with van der Waals surface area (Å²) in [4.78, 5) is 21.7. The standard InChI is InChI=1S/C15H14Cl2N4O2/c16-12-2-1-9(5-13(12)17)10-3-4-21(8-10)15-18-6-11(7-19-15)14(22)20-23/h1-2,5-7,10,23H,3-4,8H2,(H,20,22). The Hall–Kier alpha value is -1.89. The third-order valence-corrected chi connectivity index (χ3v) is 4.63. The topological polar surface area (TPSA) is 78.3 Å². The molecule has 0 bridgehead atoms. The van der Waals surface area contributed by atoms with Gasteiger partial charge in [-0.2, -0.15) is 0 Å². The first kappa shape index (κ1) is 16.0. The number of aromatic nitrogens is 2. The highest BCUT2D eigenvalue weighted by Crippen LogP contribution is 2.32.